The van der Waals surface area contributed by atoms with Gasteiger partial charge < -0.3 is 0 Å². The average molecular weight is 431 g/mol. The van der Waals surface area contributed by atoms with Crippen molar-refractivity contribution in [1.82, 2.24) is 0 Å². The molecule has 0 saturated heterocycles. The third-order valence-corrected chi connectivity index (χ3v) is 5.10. The molecule has 0 bridgehead atoms. The van der Waals surface area contributed by atoms with Gasteiger partial charge in [-0.3, -0.25) is 0 Å². The second kappa shape index (κ2) is 7.20. The predicted octanol–water partition coefficient (Wildman–Crippen LogP) is 5.10. The van der Waals surface area contributed by atoms with Crippen LogP contribution in [0.25, 0.3) is 22.3 Å². The maximum Gasteiger partial charge on any atom is 0.419 e. The van der Waals surface area contributed by atoms with Crippen LogP contribution in [-0.4, -0.2) is 8.42 Å². The van der Waals surface area contributed by atoms with E-state index >= 15 is 0 Å². The number of benzene rings is 3. The smallest absolute Gasteiger partial charge is 0.225 e. The SMILES string of the molecule is NS(=O)(=O)c1ccccc1-c1cc(F)c(F)cc1-c1ccc(F)c(C(F)(F)F)c1. The van der Waals surface area contributed by atoms with E-state index in [0.717, 1.165) is 12.1 Å². The summed E-state index contributed by atoms with van der Waals surface area (Å²) in [5, 5.41) is 5.16. The summed E-state index contributed by atoms with van der Waals surface area (Å²) in [6.45, 7) is 0. The largest absolute Gasteiger partial charge is 0.419 e. The number of halogens is 6. The van der Waals surface area contributed by atoms with Gasteiger partial charge in [-0.25, -0.2) is 26.7 Å². The Bertz CT molecular complexity index is 1210. The summed E-state index contributed by atoms with van der Waals surface area (Å²) in [7, 11) is -4.30. The summed E-state index contributed by atoms with van der Waals surface area (Å²) < 4.78 is 104. The van der Waals surface area contributed by atoms with Crippen LogP contribution < -0.4 is 5.14 Å². The first-order valence-corrected chi connectivity index (χ1v) is 9.42. The Balaban J connectivity index is 2.37. The molecule has 0 fully saturated rings. The monoisotopic (exact) mass is 431 g/mol. The van der Waals surface area contributed by atoms with Gasteiger partial charge in [0.2, 0.25) is 10.0 Å². The summed E-state index contributed by atoms with van der Waals surface area (Å²) in [6, 6.07) is 8.25. The highest BCUT2D eigenvalue weighted by molar-refractivity contribution is 7.89. The molecule has 0 spiro atoms. The first-order chi connectivity index (χ1) is 13.4. The van der Waals surface area contributed by atoms with Crippen molar-refractivity contribution in [2.75, 3.05) is 0 Å². The zero-order valence-corrected chi connectivity index (χ0v) is 15.1. The van der Waals surface area contributed by atoms with E-state index in [0.29, 0.717) is 24.3 Å². The Labute approximate surface area is 161 Å². The average Bonchev–Trinajstić information content (AvgIpc) is 2.62. The van der Waals surface area contributed by atoms with Gasteiger partial charge in [0.05, 0.1) is 10.5 Å². The van der Waals surface area contributed by atoms with Crippen molar-refractivity contribution in [3.8, 4) is 22.3 Å². The first kappa shape index (κ1) is 20.9. The molecule has 29 heavy (non-hydrogen) atoms. The Kier molecular flexibility index (Phi) is 5.18. The van der Waals surface area contributed by atoms with E-state index in [1.165, 1.54) is 18.2 Å². The van der Waals surface area contributed by atoms with Crippen LogP contribution in [0.4, 0.5) is 26.3 Å². The molecule has 3 rings (SSSR count). The van der Waals surface area contributed by atoms with Gasteiger partial charge in [0.1, 0.15) is 5.82 Å². The topological polar surface area (TPSA) is 60.2 Å². The Morgan fingerprint density at radius 2 is 1.31 bits per heavy atom. The lowest BCUT2D eigenvalue weighted by molar-refractivity contribution is -0.139. The molecule has 0 aliphatic carbocycles. The Morgan fingerprint density at radius 3 is 1.90 bits per heavy atom. The molecule has 2 N–H and O–H groups in total. The molecule has 3 nitrogen and oxygen atoms in total. The fourth-order valence-electron chi connectivity index (χ4n) is 2.86. The predicted molar refractivity (Wildman–Crippen MR) is 93.6 cm³/mol. The second-order valence-electron chi connectivity index (χ2n) is 6.05. The highest BCUT2D eigenvalue weighted by Gasteiger charge is 2.34. The molecule has 0 aromatic heterocycles. The summed E-state index contributed by atoms with van der Waals surface area (Å²) in [4.78, 5) is -0.439. The third kappa shape index (κ3) is 4.13. The molecule has 152 valence electrons. The van der Waals surface area contributed by atoms with Gasteiger partial charge >= 0.3 is 6.18 Å². The number of rotatable bonds is 3. The molecule has 10 heteroatoms. The molecule has 3 aromatic rings. The fraction of sp³-hybridized carbons (Fsp3) is 0.0526. The van der Waals surface area contributed by atoms with Gasteiger partial charge in [-0.15, -0.1) is 0 Å². The molecular formula is C19H11F6NO2S. The maximum absolute atomic E-state index is 13.9. The molecule has 0 amide bonds. The first-order valence-electron chi connectivity index (χ1n) is 7.88. The van der Waals surface area contributed by atoms with E-state index in [1.807, 2.05) is 0 Å². The van der Waals surface area contributed by atoms with Crippen LogP contribution in [0.15, 0.2) is 59.5 Å². The van der Waals surface area contributed by atoms with E-state index in [9.17, 15) is 34.8 Å². The van der Waals surface area contributed by atoms with E-state index in [1.54, 1.807) is 0 Å². The zero-order chi connectivity index (χ0) is 21.6. The normalized spacial score (nSPS) is 12.2. The van der Waals surface area contributed by atoms with Crippen LogP contribution in [-0.2, 0) is 16.2 Å². The van der Waals surface area contributed by atoms with Crippen LogP contribution in [0.5, 0.6) is 0 Å². The second-order valence-corrected chi connectivity index (χ2v) is 7.58. The summed E-state index contributed by atoms with van der Waals surface area (Å²) in [5.74, 6) is -4.28. The Morgan fingerprint density at radius 1 is 0.724 bits per heavy atom. The molecule has 0 radical (unpaired) electrons. The minimum atomic E-state index is -5.03. The van der Waals surface area contributed by atoms with E-state index in [-0.39, 0.29) is 22.3 Å². The van der Waals surface area contributed by atoms with Gasteiger partial charge in [0.25, 0.3) is 0 Å². The van der Waals surface area contributed by atoms with Gasteiger partial charge in [0, 0.05) is 5.56 Å². The van der Waals surface area contributed by atoms with Crippen molar-refractivity contribution in [1.29, 1.82) is 0 Å². The van der Waals surface area contributed by atoms with Crippen LogP contribution in [0.2, 0.25) is 0 Å². The summed E-state index contributed by atoms with van der Waals surface area (Å²) in [5.41, 5.74) is -2.55. The van der Waals surface area contributed by atoms with Crippen LogP contribution in [0.1, 0.15) is 5.56 Å². The summed E-state index contributed by atoms with van der Waals surface area (Å²) >= 11 is 0. The number of nitrogens with two attached hydrogens (primary N) is 1. The Hall–Kier alpha value is -2.85. The molecule has 3 aromatic carbocycles. The van der Waals surface area contributed by atoms with E-state index < -0.39 is 44.1 Å². The van der Waals surface area contributed by atoms with Gasteiger partial charge in [-0.05, 0) is 47.0 Å². The molecule has 0 heterocycles. The van der Waals surface area contributed by atoms with Crippen LogP contribution in [0, 0.1) is 17.5 Å². The minimum absolute atomic E-state index is 0.151. The highest BCUT2D eigenvalue weighted by atomic mass is 32.2. The van der Waals surface area contributed by atoms with Gasteiger partial charge in [-0.1, -0.05) is 24.3 Å². The van der Waals surface area contributed by atoms with Crippen molar-refractivity contribution in [3.05, 3.63) is 77.6 Å². The van der Waals surface area contributed by atoms with Crippen molar-refractivity contribution in [2.45, 2.75) is 11.1 Å². The van der Waals surface area contributed by atoms with Crippen molar-refractivity contribution >= 4 is 10.0 Å². The molecule has 0 saturated carbocycles. The van der Waals surface area contributed by atoms with Crippen LogP contribution >= 0.6 is 0 Å². The van der Waals surface area contributed by atoms with E-state index in [2.05, 4.69) is 0 Å². The molecule has 0 atom stereocenters. The van der Waals surface area contributed by atoms with Gasteiger partial charge in [0.15, 0.2) is 11.6 Å². The number of primary sulfonamides is 1. The van der Waals surface area contributed by atoms with Crippen molar-refractivity contribution < 1.29 is 34.8 Å². The lowest BCUT2D eigenvalue weighted by atomic mass is 9.93. The van der Waals surface area contributed by atoms with Gasteiger partial charge in [-0.2, -0.15) is 13.2 Å². The summed E-state index contributed by atoms with van der Waals surface area (Å²) in [6.07, 6.45) is -5.03. The lowest BCUT2D eigenvalue weighted by Crippen LogP contribution is -2.13. The third-order valence-electron chi connectivity index (χ3n) is 4.13. The standard InChI is InChI=1S/C19H11F6NO2S/c20-15-6-5-10(7-14(15)19(23,24)25)12-8-16(21)17(22)9-13(12)11-3-1-2-4-18(11)29(26,27)28/h1-9H,(H2,26,27,28). The number of hydrogen-bond donors (Lipinski definition) is 1. The van der Waals surface area contributed by atoms with Crippen molar-refractivity contribution in [2.24, 2.45) is 5.14 Å². The number of sulfonamides is 1. The zero-order valence-electron chi connectivity index (χ0n) is 14.3. The van der Waals surface area contributed by atoms with Crippen molar-refractivity contribution in [3.63, 3.8) is 0 Å². The molecule has 0 aliphatic rings. The highest BCUT2D eigenvalue weighted by Crippen LogP contribution is 2.39. The number of alkyl halides is 3. The quantitative estimate of drug-likeness (QED) is 0.587. The number of hydrogen-bond acceptors (Lipinski definition) is 2. The van der Waals surface area contributed by atoms with Crippen LogP contribution in [0.3, 0.4) is 0 Å². The minimum Gasteiger partial charge on any atom is -0.225 e. The van der Waals surface area contributed by atoms with E-state index in [4.69, 9.17) is 5.14 Å². The maximum atomic E-state index is 13.9. The molecular weight excluding hydrogens is 420 g/mol. The fourth-order valence-corrected chi connectivity index (χ4v) is 3.61. The lowest BCUT2D eigenvalue weighted by Gasteiger charge is -2.16. The molecule has 0 unspecified atom stereocenters. The molecule has 0 aliphatic heterocycles.